The molecule has 0 radical (unpaired) electrons. The lowest BCUT2D eigenvalue weighted by molar-refractivity contribution is -0.0500. The van der Waals surface area contributed by atoms with Crippen molar-refractivity contribution in [1.29, 1.82) is 0 Å². The van der Waals surface area contributed by atoms with Gasteiger partial charge in [0, 0.05) is 0 Å². The number of alkyl halides is 3. The maximum absolute atomic E-state index is 13.3. The summed E-state index contributed by atoms with van der Waals surface area (Å²) >= 11 is 0. The van der Waals surface area contributed by atoms with Crippen molar-refractivity contribution in [3.8, 4) is 16.9 Å². The van der Waals surface area contributed by atoms with E-state index in [1.54, 1.807) is 6.07 Å². The Morgan fingerprint density at radius 1 is 0.731 bits per heavy atom. The Kier molecular flexibility index (Phi) is 4.35. The Bertz CT molecular complexity index is 1090. The standard InChI is InChI=1S/C17H9F5O3S/c18-15-6-4-13(9-16(15)19)10-1-2-12-8-14(5-3-11(12)7-10)25-26(23,24)17(20,21)22/h1-9H. The van der Waals surface area contributed by atoms with E-state index in [9.17, 15) is 30.4 Å². The van der Waals surface area contributed by atoms with Crippen molar-refractivity contribution in [3.05, 3.63) is 66.2 Å². The first kappa shape index (κ1) is 18.1. The second-order valence-electron chi connectivity index (χ2n) is 5.34. The van der Waals surface area contributed by atoms with E-state index in [1.165, 1.54) is 24.3 Å². The summed E-state index contributed by atoms with van der Waals surface area (Å²) in [7, 11) is -5.76. The third-order valence-electron chi connectivity index (χ3n) is 3.55. The number of fused-ring (bicyclic) bond motifs is 1. The van der Waals surface area contributed by atoms with Crippen molar-refractivity contribution in [3.63, 3.8) is 0 Å². The molecule has 0 bridgehead atoms. The van der Waals surface area contributed by atoms with Crippen LogP contribution in [0.2, 0.25) is 0 Å². The van der Waals surface area contributed by atoms with Gasteiger partial charge in [0.15, 0.2) is 11.6 Å². The highest BCUT2D eigenvalue weighted by Gasteiger charge is 2.48. The van der Waals surface area contributed by atoms with Crippen molar-refractivity contribution < 1.29 is 34.6 Å². The van der Waals surface area contributed by atoms with Crippen LogP contribution in [0.3, 0.4) is 0 Å². The largest absolute Gasteiger partial charge is 0.534 e. The van der Waals surface area contributed by atoms with E-state index in [4.69, 9.17) is 0 Å². The SMILES string of the molecule is O=S(=O)(Oc1ccc2cc(-c3ccc(F)c(F)c3)ccc2c1)C(F)(F)F. The molecular formula is C17H9F5O3S. The van der Waals surface area contributed by atoms with Gasteiger partial charge in [0.2, 0.25) is 0 Å². The Labute approximate surface area is 144 Å². The van der Waals surface area contributed by atoms with Crippen LogP contribution >= 0.6 is 0 Å². The van der Waals surface area contributed by atoms with E-state index in [2.05, 4.69) is 4.18 Å². The Balaban J connectivity index is 1.97. The molecule has 0 N–H and O–H groups in total. The van der Waals surface area contributed by atoms with Crippen LogP contribution < -0.4 is 4.18 Å². The molecule has 0 saturated carbocycles. The van der Waals surface area contributed by atoms with Crippen LogP contribution in [0.5, 0.6) is 5.75 Å². The molecule has 0 unspecified atom stereocenters. The molecule has 9 heteroatoms. The maximum atomic E-state index is 13.3. The highest BCUT2D eigenvalue weighted by atomic mass is 32.2. The molecule has 136 valence electrons. The molecule has 3 nitrogen and oxygen atoms in total. The van der Waals surface area contributed by atoms with Crippen LogP contribution in [0.25, 0.3) is 21.9 Å². The molecule has 0 amide bonds. The van der Waals surface area contributed by atoms with Gasteiger partial charge >= 0.3 is 15.6 Å². The fourth-order valence-corrected chi connectivity index (χ4v) is 2.76. The zero-order valence-corrected chi connectivity index (χ0v) is 13.5. The molecule has 0 spiro atoms. The second-order valence-corrected chi connectivity index (χ2v) is 6.87. The van der Waals surface area contributed by atoms with Gasteiger partial charge in [-0.15, -0.1) is 0 Å². The van der Waals surface area contributed by atoms with Crippen LogP contribution in [-0.4, -0.2) is 13.9 Å². The number of hydrogen-bond donors (Lipinski definition) is 0. The average Bonchev–Trinajstić information content (AvgIpc) is 2.55. The van der Waals surface area contributed by atoms with Crippen molar-refractivity contribution in [2.45, 2.75) is 5.51 Å². The molecule has 0 aliphatic rings. The molecule has 3 rings (SSSR count). The summed E-state index contributed by atoms with van der Waals surface area (Å²) in [4.78, 5) is 0. The van der Waals surface area contributed by atoms with E-state index in [0.717, 1.165) is 24.3 Å². The maximum Gasteiger partial charge on any atom is 0.534 e. The summed E-state index contributed by atoms with van der Waals surface area (Å²) in [6.07, 6.45) is 0. The Morgan fingerprint density at radius 2 is 1.31 bits per heavy atom. The van der Waals surface area contributed by atoms with Crippen LogP contribution in [0.15, 0.2) is 54.6 Å². The summed E-state index contributed by atoms with van der Waals surface area (Å²) < 4.78 is 89.6. The summed E-state index contributed by atoms with van der Waals surface area (Å²) in [6.45, 7) is 0. The number of halogens is 5. The molecule has 0 aliphatic carbocycles. The first-order valence-corrected chi connectivity index (χ1v) is 8.48. The van der Waals surface area contributed by atoms with Crippen LogP contribution in [0.4, 0.5) is 22.0 Å². The molecule has 3 aromatic carbocycles. The molecule has 0 aliphatic heterocycles. The van der Waals surface area contributed by atoms with Gasteiger partial charge in [0.1, 0.15) is 5.75 Å². The van der Waals surface area contributed by atoms with Gasteiger partial charge < -0.3 is 4.18 Å². The molecule has 0 saturated heterocycles. The van der Waals surface area contributed by atoms with Gasteiger partial charge in [-0.1, -0.05) is 24.3 Å². The fraction of sp³-hybridized carbons (Fsp3) is 0.0588. The van der Waals surface area contributed by atoms with Gasteiger partial charge in [0.05, 0.1) is 0 Å². The minimum atomic E-state index is -5.76. The normalized spacial score (nSPS) is 12.3. The predicted octanol–water partition coefficient (Wildman–Crippen LogP) is 5.01. The van der Waals surface area contributed by atoms with Crippen molar-refractivity contribution >= 4 is 20.9 Å². The van der Waals surface area contributed by atoms with Crippen LogP contribution in [-0.2, 0) is 10.1 Å². The quantitative estimate of drug-likeness (QED) is 0.360. The monoisotopic (exact) mass is 388 g/mol. The second kappa shape index (κ2) is 6.24. The van der Waals surface area contributed by atoms with E-state index in [-0.39, 0.29) is 0 Å². The number of hydrogen-bond acceptors (Lipinski definition) is 3. The van der Waals surface area contributed by atoms with Crippen molar-refractivity contribution in [1.82, 2.24) is 0 Å². The van der Waals surface area contributed by atoms with Crippen molar-refractivity contribution in [2.24, 2.45) is 0 Å². The predicted molar refractivity (Wildman–Crippen MR) is 84.9 cm³/mol. The fourth-order valence-electron chi connectivity index (χ4n) is 2.30. The summed E-state index contributed by atoms with van der Waals surface area (Å²) in [6, 6.07) is 11.6. The smallest absolute Gasteiger partial charge is 0.376 e. The van der Waals surface area contributed by atoms with E-state index in [0.29, 0.717) is 21.9 Å². The molecule has 0 aromatic heterocycles. The number of rotatable bonds is 3. The van der Waals surface area contributed by atoms with Gasteiger partial charge in [-0.3, -0.25) is 0 Å². The topological polar surface area (TPSA) is 43.4 Å². The highest BCUT2D eigenvalue weighted by Crippen LogP contribution is 2.31. The molecular weight excluding hydrogens is 379 g/mol. The van der Waals surface area contributed by atoms with Gasteiger partial charge in [-0.25, -0.2) is 8.78 Å². The molecule has 0 heterocycles. The van der Waals surface area contributed by atoms with E-state index < -0.39 is 33.0 Å². The van der Waals surface area contributed by atoms with Gasteiger partial charge in [-0.2, -0.15) is 21.6 Å². The summed E-state index contributed by atoms with van der Waals surface area (Å²) in [5.41, 5.74) is -4.57. The first-order valence-electron chi connectivity index (χ1n) is 7.07. The Hall–Kier alpha value is -2.68. The zero-order valence-electron chi connectivity index (χ0n) is 12.7. The Morgan fingerprint density at radius 3 is 1.96 bits per heavy atom. The molecule has 3 aromatic rings. The van der Waals surface area contributed by atoms with E-state index in [1.807, 2.05) is 0 Å². The molecule has 26 heavy (non-hydrogen) atoms. The lowest BCUT2D eigenvalue weighted by atomic mass is 10.0. The lowest BCUT2D eigenvalue weighted by Gasteiger charge is -2.10. The third-order valence-corrected chi connectivity index (χ3v) is 4.53. The minimum Gasteiger partial charge on any atom is -0.376 e. The first-order chi connectivity index (χ1) is 12.1. The molecule has 0 atom stereocenters. The summed E-state index contributed by atoms with van der Waals surface area (Å²) in [5, 5.41) is 0.954. The number of benzene rings is 3. The third kappa shape index (κ3) is 3.48. The van der Waals surface area contributed by atoms with Gasteiger partial charge in [-0.05, 0) is 52.2 Å². The summed E-state index contributed by atoms with van der Waals surface area (Å²) in [5.74, 6) is -2.48. The zero-order chi connectivity index (χ0) is 19.1. The molecule has 0 fully saturated rings. The lowest BCUT2D eigenvalue weighted by Crippen LogP contribution is -2.28. The van der Waals surface area contributed by atoms with E-state index >= 15 is 0 Å². The van der Waals surface area contributed by atoms with Crippen LogP contribution in [0.1, 0.15) is 0 Å². The average molecular weight is 388 g/mol. The van der Waals surface area contributed by atoms with Crippen molar-refractivity contribution in [2.75, 3.05) is 0 Å². The highest BCUT2D eigenvalue weighted by molar-refractivity contribution is 7.88. The van der Waals surface area contributed by atoms with Crippen LogP contribution in [0, 0.1) is 11.6 Å². The van der Waals surface area contributed by atoms with Gasteiger partial charge in [0.25, 0.3) is 0 Å². The minimum absolute atomic E-state index is 0.408.